The minimum Gasteiger partial charge on any atom is -0.406 e. The van der Waals surface area contributed by atoms with E-state index < -0.39 is 8.32 Å². The number of rotatable bonds is 6. The van der Waals surface area contributed by atoms with Crippen LogP contribution in [0.25, 0.3) is 0 Å². The van der Waals surface area contributed by atoms with E-state index in [9.17, 15) is 0 Å². The summed E-state index contributed by atoms with van der Waals surface area (Å²) in [5.74, 6) is 0. The largest absolute Gasteiger partial charge is 0.406 e. The zero-order valence-corrected chi connectivity index (χ0v) is 15.7. The molecule has 0 aromatic heterocycles. The minimum atomic E-state index is -2.53. The van der Waals surface area contributed by atoms with Crippen LogP contribution in [0.2, 0.25) is 5.04 Å². The first-order valence-corrected chi connectivity index (χ1v) is 10.2. The van der Waals surface area contributed by atoms with Crippen molar-refractivity contribution in [2.75, 3.05) is 6.61 Å². The van der Waals surface area contributed by atoms with Gasteiger partial charge >= 0.3 is 0 Å². The molecule has 0 unspecified atom stereocenters. The second-order valence-electron chi connectivity index (χ2n) is 7.10. The highest BCUT2D eigenvalue weighted by Gasteiger charge is 2.50. The molecule has 0 saturated heterocycles. The Labute approximate surface area is 146 Å². The van der Waals surface area contributed by atoms with E-state index in [0.717, 1.165) is 0 Å². The first-order valence-electron chi connectivity index (χ1n) is 8.29. The van der Waals surface area contributed by atoms with Gasteiger partial charge in [-0.25, -0.2) is 0 Å². The highest BCUT2D eigenvalue weighted by Crippen LogP contribution is 2.36. The Balaban J connectivity index is 2.56. The predicted molar refractivity (Wildman–Crippen MR) is 102 cm³/mol. The summed E-state index contributed by atoms with van der Waals surface area (Å²) in [6.07, 6.45) is 0.304. The van der Waals surface area contributed by atoms with Crippen molar-refractivity contribution in [2.24, 2.45) is 5.73 Å². The molecular formula is C20H26N2OSi. The van der Waals surface area contributed by atoms with Crippen LogP contribution in [0.1, 0.15) is 27.2 Å². The molecule has 0 spiro atoms. The zero-order chi connectivity index (χ0) is 17.6. The van der Waals surface area contributed by atoms with Crippen molar-refractivity contribution in [1.29, 1.82) is 5.26 Å². The summed E-state index contributed by atoms with van der Waals surface area (Å²) in [7, 11) is -2.53. The normalized spacial score (nSPS) is 13.3. The van der Waals surface area contributed by atoms with Gasteiger partial charge in [0.1, 0.15) is 0 Å². The lowest BCUT2D eigenvalue weighted by Gasteiger charge is -2.43. The predicted octanol–water partition coefficient (Wildman–Crippen LogP) is 2.80. The molecule has 126 valence electrons. The third-order valence-corrected chi connectivity index (χ3v) is 9.29. The van der Waals surface area contributed by atoms with Crippen molar-refractivity contribution in [2.45, 2.75) is 38.3 Å². The first-order chi connectivity index (χ1) is 11.4. The van der Waals surface area contributed by atoms with Gasteiger partial charge in [0, 0.05) is 6.04 Å². The van der Waals surface area contributed by atoms with Crippen molar-refractivity contribution in [3.05, 3.63) is 60.7 Å². The van der Waals surface area contributed by atoms with Gasteiger partial charge in [0.05, 0.1) is 19.1 Å². The van der Waals surface area contributed by atoms with E-state index in [0.29, 0.717) is 13.0 Å². The van der Waals surface area contributed by atoms with Crippen LogP contribution in [0.4, 0.5) is 0 Å². The number of nitriles is 1. The van der Waals surface area contributed by atoms with Gasteiger partial charge in [-0.15, -0.1) is 0 Å². The van der Waals surface area contributed by atoms with Gasteiger partial charge in [-0.2, -0.15) is 5.26 Å². The lowest BCUT2D eigenvalue weighted by Crippen LogP contribution is -2.67. The number of nitrogens with two attached hydrogens (primary N) is 1. The third kappa shape index (κ3) is 3.76. The molecule has 2 rings (SSSR count). The molecule has 24 heavy (non-hydrogen) atoms. The van der Waals surface area contributed by atoms with Gasteiger partial charge in [0.25, 0.3) is 8.32 Å². The van der Waals surface area contributed by atoms with Crippen molar-refractivity contribution in [1.82, 2.24) is 0 Å². The van der Waals surface area contributed by atoms with Crippen LogP contribution in [-0.2, 0) is 4.43 Å². The molecule has 0 aliphatic carbocycles. The SMILES string of the molecule is CC(C)(C)[Si](OC[C@H](N)CC#N)(c1ccccc1)c1ccccc1. The van der Waals surface area contributed by atoms with Crippen LogP contribution in [0.5, 0.6) is 0 Å². The van der Waals surface area contributed by atoms with Crippen molar-refractivity contribution in [3.8, 4) is 6.07 Å². The number of hydrogen-bond acceptors (Lipinski definition) is 3. The molecule has 2 aromatic rings. The highest BCUT2D eigenvalue weighted by atomic mass is 28.4. The van der Waals surface area contributed by atoms with E-state index >= 15 is 0 Å². The Morgan fingerprint density at radius 2 is 1.46 bits per heavy atom. The van der Waals surface area contributed by atoms with E-state index in [1.807, 2.05) is 12.1 Å². The summed E-state index contributed by atoms with van der Waals surface area (Å²) in [5, 5.41) is 11.3. The third-order valence-electron chi connectivity index (χ3n) is 4.28. The Hall–Kier alpha value is -1.93. The van der Waals surface area contributed by atoms with Gasteiger partial charge < -0.3 is 10.2 Å². The standard InChI is InChI=1S/C20H26N2OSi/c1-20(2,3)24(18-10-6-4-7-11-18,19-12-8-5-9-13-19)23-16-17(22)14-15-21/h4-13,17H,14,16,22H2,1-3H3/t17-/m1/s1. The maximum absolute atomic E-state index is 8.89. The van der Waals surface area contributed by atoms with Crippen molar-refractivity contribution >= 4 is 18.7 Å². The van der Waals surface area contributed by atoms with E-state index in [-0.39, 0.29) is 11.1 Å². The van der Waals surface area contributed by atoms with E-state index in [1.54, 1.807) is 0 Å². The maximum atomic E-state index is 8.89. The van der Waals surface area contributed by atoms with Crippen LogP contribution in [-0.4, -0.2) is 21.0 Å². The van der Waals surface area contributed by atoms with Crippen molar-refractivity contribution in [3.63, 3.8) is 0 Å². The average Bonchev–Trinajstić information content (AvgIpc) is 2.56. The topological polar surface area (TPSA) is 59.0 Å². The Morgan fingerprint density at radius 1 is 1.00 bits per heavy atom. The highest BCUT2D eigenvalue weighted by molar-refractivity contribution is 6.99. The van der Waals surface area contributed by atoms with Crippen LogP contribution in [0.15, 0.2) is 60.7 Å². The molecule has 2 N–H and O–H groups in total. The van der Waals surface area contributed by atoms with Crippen LogP contribution in [0, 0.1) is 11.3 Å². The van der Waals surface area contributed by atoms with Crippen LogP contribution < -0.4 is 16.1 Å². The lowest BCUT2D eigenvalue weighted by atomic mass is 10.2. The Morgan fingerprint density at radius 3 is 1.83 bits per heavy atom. The van der Waals surface area contributed by atoms with E-state index in [2.05, 4.69) is 75.4 Å². The molecule has 4 heteroatoms. The summed E-state index contributed by atoms with van der Waals surface area (Å²) in [4.78, 5) is 0. The summed E-state index contributed by atoms with van der Waals surface area (Å²) in [6, 6.07) is 22.8. The summed E-state index contributed by atoms with van der Waals surface area (Å²) >= 11 is 0. The number of benzene rings is 2. The van der Waals surface area contributed by atoms with E-state index in [4.69, 9.17) is 15.4 Å². The molecule has 0 aliphatic rings. The molecule has 3 nitrogen and oxygen atoms in total. The fraction of sp³-hybridized carbons (Fsp3) is 0.350. The maximum Gasteiger partial charge on any atom is 0.261 e. The molecule has 1 atom stereocenters. The summed E-state index contributed by atoms with van der Waals surface area (Å²) in [5.41, 5.74) is 6.07. The molecule has 0 bridgehead atoms. The van der Waals surface area contributed by atoms with Crippen LogP contribution in [0.3, 0.4) is 0 Å². The smallest absolute Gasteiger partial charge is 0.261 e. The Bertz CT molecular complexity index is 635. The van der Waals surface area contributed by atoms with Crippen molar-refractivity contribution < 1.29 is 4.43 Å². The fourth-order valence-corrected chi connectivity index (χ4v) is 7.79. The van der Waals surface area contributed by atoms with Gasteiger partial charge in [-0.1, -0.05) is 81.4 Å². The molecular weight excluding hydrogens is 312 g/mol. The number of nitrogens with zero attached hydrogens (tertiary/aromatic N) is 1. The van der Waals surface area contributed by atoms with Crippen LogP contribution >= 0.6 is 0 Å². The average molecular weight is 339 g/mol. The fourth-order valence-electron chi connectivity index (χ4n) is 3.17. The second-order valence-corrected chi connectivity index (χ2v) is 11.4. The molecule has 0 aliphatic heterocycles. The number of hydrogen-bond donors (Lipinski definition) is 1. The minimum absolute atomic E-state index is 0.0674. The lowest BCUT2D eigenvalue weighted by molar-refractivity contribution is 0.273. The molecule has 2 aromatic carbocycles. The van der Waals surface area contributed by atoms with Gasteiger partial charge in [-0.3, -0.25) is 0 Å². The van der Waals surface area contributed by atoms with Gasteiger partial charge in [-0.05, 0) is 15.4 Å². The zero-order valence-electron chi connectivity index (χ0n) is 14.7. The molecule has 0 radical (unpaired) electrons. The molecule has 0 saturated carbocycles. The first kappa shape index (κ1) is 18.4. The van der Waals surface area contributed by atoms with Gasteiger partial charge in [0.2, 0.25) is 0 Å². The summed E-state index contributed by atoms with van der Waals surface area (Å²) < 4.78 is 6.64. The van der Waals surface area contributed by atoms with E-state index in [1.165, 1.54) is 10.4 Å². The second kappa shape index (κ2) is 7.76. The summed E-state index contributed by atoms with van der Waals surface area (Å²) in [6.45, 7) is 7.08. The molecule has 0 heterocycles. The molecule has 0 amide bonds. The molecule has 0 fully saturated rings. The van der Waals surface area contributed by atoms with Gasteiger partial charge in [0.15, 0.2) is 0 Å². The Kier molecular flexibility index (Phi) is 5.95. The monoisotopic (exact) mass is 338 g/mol. The quantitative estimate of drug-likeness (QED) is 0.824.